The van der Waals surface area contributed by atoms with Gasteiger partial charge in [-0.15, -0.1) is 24.0 Å². The lowest BCUT2D eigenvalue weighted by atomic mass is 10.1. The summed E-state index contributed by atoms with van der Waals surface area (Å²) in [6, 6.07) is 7.58. The number of nitrogens with one attached hydrogen (secondary N) is 3. The number of ether oxygens (including phenoxy) is 1. The average Bonchev–Trinajstić information content (AvgIpc) is 3.47. The first-order valence-corrected chi connectivity index (χ1v) is 9.70. The Morgan fingerprint density at radius 2 is 1.81 bits per heavy atom. The van der Waals surface area contributed by atoms with Crippen molar-refractivity contribution in [1.82, 2.24) is 16.0 Å². The molecule has 152 valence electrons. The highest BCUT2D eigenvalue weighted by Gasteiger charge is 2.20. The fourth-order valence-electron chi connectivity index (χ4n) is 2.45. The summed E-state index contributed by atoms with van der Waals surface area (Å²) in [5, 5.41) is 9.39. The summed E-state index contributed by atoms with van der Waals surface area (Å²) in [6.07, 6.45) is 3.64. The number of carbonyl (C=O) groups excluding carboxylic acids is 1. The van der Waals surface area contributed by atoms with E-state index in [1.807, 2.05) is 31.2 Å². The molecule has 1 aromatic carbocycles. The monoisotopic (exact) mass is 488 g/mol. The van der Waals surface area contributed by atoms with Gasteiger partial charge in [-0.2, -0.15) is 0 Å². The first kappa shape index (κ1) is 23.7. The van der Waals surface area contributed by atoms with E-state index in [1.54, 1.807) is 0 Å². The molecule has 0 heterocycles. The normalized spacial score (nSPS) is 13.6. The molecule has 0 radical (unpaired) electrons. The molecule has 6 nitrogen and oxygen atoms in total. The van der Waals surface area contributed by atoms with Gasteiger partial charge in [0.15, 0.2) is 5.96 Å². The molecule has 1 aromatic rings. The number of hydrogen-bond acceptors (Lipinski definition) is 3. The van der Waals surface area contributed by atoms with Crippen LogP contribution in [0, 0.1) is 5.92 Å². The van der Waals surface area contributed by atoms with Gasteiger partial charge >= 0.3 is 0 Å². The van der Waals surface area contributed by atoms with Gasteiger partial charge < -0.3 is 20.7 Å². The van der Waals surface area contributed by atoms with E-state index in [-0.39, 0.29) is 29.9 Å². The Morgan fingerprint density at radius 3 is 2.44 bits per heavy atom. The minimum Gasteiger partial charge on any atom is -0.381 e. The number of amides is 1. The Labute approximate surface area is 179 Å². The molecule has 0 spiro atoms. The maximum absolute atomic E-state index is 11.8. The average molecular weight is 488 g/mol. The lowest BCUT2D eigenvalue weighted by Gasteiger charge is -2.11. The van der Waals surface area contributed by atoms with Crippen LogP contribution >= 0.6 is 24.0 Å². The first-order valence-electron chi connectivity index (χ1n) is 9.70. The molecule has 0 unspecified atom stereocenters. The van der Waals surface area contributed by atoms with Gasteiger partial charge in [-0.3, -0.25) is 4.79 Å². The molecule has 3 N–H and O–H groups in total. The number of guanidine groups is 1. The van der Waals surface area contributed by atoms with E-state index in [2.05, 4.69) is 27.9 Å². The smallest absolute Gasteiger partial charge is 0.251 e. The molecular formula is C20H33IN4O2. The minimum atomic E-state index is -0.0403. The standard InChI is InChI=1S/C20H32N4O2.HI/c1-3-21-19(25)18-10-8-16(9-11-18)14-24-20(22-4-2)23-12-5-13-26-15-17-6-7-17;/h8-11,17H,3-7,12-15H2,1-2H3,(H,21,25)(H2,22,23,24);1H. The minimum absolute atomic E-state index is 0. The number of carbonyl (C=O) groups is 1. The van der Waals surface area contributed by atoms with Gasteiger partial charge in [0.2, 0.25) is 0 Å². The maximum Gasteiger partial charge on any atom is 0.251 e. The topological polar surface area (TPSA) is 74.8 Å². The van der Waals surface area contributed by atoms with Gasteiger partial charge in [-0.25, -0.2) is 4.99 Å². The zero-order chi connectivity index (χ0) is 18.6. The summed E-state index contributed by atoms with van der Waals surface area (Å²) < 4.78 is 5.64. The number of benzene rings is 1. The van der Waals surface area contributed by atoms with Crippen LogP contribution < -0.4 is 16.0 Å². The van der Waals surface area contributed by atoms with Crippen molar-refractivity contribution in [1.29, 1.82) is 0 Å². The van der Waals surface area contributed by atoms with Crippen LogP contribution in [0.2, 0.25) is 0 Å². The Hall–Kier alpha value is -1.35. The Balaban J connectivity index is 0.00000364. The summed E-state index contributed by atoms with van der Waals surface area (Å²) in [5.41, 5.74) is 1.75. The van der Waals surface area contributed by atoms with E-state index < -0.39 is 0 Å². The molecule has 2 rings (SSSR count). The van der Waals surface area contributed by atoms with Gasteiger partial charge in [-0.1, -0.05) is 12.1 Å². The molecule has 1 fully saturated rings. The molecular weight excluding hydrogens is 455 g/mol. The van der Waals surface area contributed by atoms with Crippen molar-refractivity contribution in [3.05, 3.63) is 35.4 Å². The highest BCUT2D eigenvalue weighted by Crippen LogP contribution is 2.28. The van der Waals surface area contributed by atoms with Gasteiger partial charge in [-0.05, 0) is 56.7 Å². The van der Waals surface area contributed by atoms with Gasteiger partial charge in [0.05, 0.1) is 6.54 Å². The van der Waals surface area contributed by atoms with Crippen molar-refractivity contribution < 1.29 is 9.53 Å². The highest BCUT2D eigenvalue weighted by molar-refractivity contribution is 14.0. The molecule has 0 bridgehead atoms. The quantitative estimate of drug-likeness (QED) is 0.194. The molecule has 1 saturated carbocycles. The molecule has 1 aliphatic carbocycles. The summed E-state index contributed by atoms with van der Waals surface area (Å²) in [5.74, 6) is 1.59. The summed E-state index contributed by atoms with van der Waals surface area (Å²) in [4.78, 5) is 16.4. The van der Waals surface area contributed by atoms with Gasteiger partial charge in [0, 0.05) is 38.4 Å². The van der Waals surface area contributed by atoms with E-state index in [0.717, 1.165) is 50.2 Å². The highest BCUT2D eigenvalue weighted by atomic mass is 127. The van der Waals surface area contributed by atoms with Crippen LogP contribution in [-0.4, -0.2) is 44.7 Å². The van der Waals surface area contributed by atoms with E-state index in [4.69, 9.17) is 4.74 Å². The largest absolute Gasteiger partial charge is 0.381 e. The Bertz CT molecular complexity index is 574. The SMILES string of the molecule is CCNC(=O)c1ccc(CN=C(NCC)NCCCOCC2CC2)cc1.I. The van der Waals surface area contributed by atoms with Crippen LogP contribution in [0.1, 0.15) is 49.0 Å². The Kier molecular flexibility index (Phi) is 12.1. The van der Waals surface area contributed by atoms with Crippen LogP contribution in [0.4, 0.5) is 0 Å². The molecule has 0 aliphatic heterocycles. The third kappa shape index (κ3) is 9.95. The summed E-state index contributed by atoms with van der Waals surface area (Å²) in [7, 11) is 0. The molecule has 27 heavy (non-hydrogen) atoms. The third-order valence-electron chi connectivity index (χ3n) is 4.13. The number of nitrogens with zero attached hydrogens (tertiary/aromatic N) is 1. The van der Waals surface area contributed by atoms with Crippen molar-refractivity contribution in [3.63, 3.8) is 0 Å². The van der Waals surface area contributed by atoms with Crippen molar-refractivity contribution in [2.24, 2.45) is 10.9 Å². The van der Waals surface area contributed by atoms with Crippen LogP contribution in [0.5, 0.6) is 0 Å². The van der Waals surface area contributed by atoms with Crippen LogP contribution in [0.25, 0.3) is 0 Å². The number of halogens is 1. The fraction of sp³-hybridized carbons (Fsp3) is 0.600. The zero-order valence-electron chi connectivity index (χ0n) is 16.4. The van der Waals surface area contributed by atoms with Crippen LogP contribution in [-0.2, 0) is 11.3 Å². The second-order valence-electron chi connectivity index (χ2n) is 6.55. The second-order valence-corrected chi connectivity index (χ2v) is 6.55. The second kappa shape index (κ2) is 13.8. The van der Waals surface area contributed by atoms with Gasteiger partial charge in [0.1, 0.15) is 0 Å². The number of aliphatic imine (C=N–C) groups is 1. The van der Waals surface area contributed by atoms with Crippen molar-refractivity contribution >= 4 is 35.8 Å². The lowest BCUT2D eigenvalue weighted by molar-refractivity contribution is 0.0956. The predicted molar refractivity (Wildman–Crippen MR) is 121 cm³/mol. The number of hydrogen-bond donors (Lipinski definition) is 3. The molecule has 0 saturated heterocycles. The number of rotatable bonds is 11. The van der Waals surface area contributed by atoms with E-state index >= 15 is 0 Å². The molecule has 0 aromatic heterocycles. The van der Waals surface area contributed by atoms with Crippen molar-refractivity contribution in [2.75, 3.05) is 32.8 Å². The Morgan fingerprint density at radius 1 is 1.11 bits per heavy atom. The molecule has 7 heteroatoms. The third-order valence-corrected chi connectivity index (χ3v) is 4.13. The van der Waals surface area contributed by atoms with E-state index in [0.29, 0.717) is 18.7 Å². The summed E-state index contributed by atoms with van der Waals surface area (Å²) >= 11 is 0. The van der Waals surface area contributed by atoms with E-state index in [9.17, 15) is 4.79 Å². The lowest BCUT2D eigenvalue weighted by Crippen LogP contribution is -2.38. The van der Waals surface area contributed by atoms with Crippen molar-refractivity contribution in [3.8, 4) is 0 Å². The van der Waals surface area contributed by atoms with E-state index in [1.165, 1.54) is 12.8 Å². The van der Waals surface area contributed by atoms with Crippen LogP contribution in [0.15, 0.2) is 29.3 Å². The maximum atomic E-state index is 11.8. The van der Waals surface area contributed by atoms with Crippen molar-refractivity contribution in [2.45, 2.75) is 39.7 Å². The molecule has 1 aliphatic rings. The predicted octanol–water partition coefficient (Wildman–Crippen LogP) is 2.93. The molecule has 0 atom stereocenters. The molecule has 1 amide bonds. The van der Waals surface area contributed by atoms with Gasteiger partial charge in [0.25, 0.3) is 5.91 Å². The fourth-order valence-corrected chi connectivity index (χ4v) is 2.45. The zero-order valence-corrected chi connectivity index (χ0v) is 18.8. The van der Waals surface area contributed by atoms with Crippen LogP contribution in [0.3, 0.4) is 0 Å². The first-order chi connectivity index (χ1) is 12.7. The summed E-state index contributed by atoms with van der Waals surface area (Å²) in [6.45, 7) is 8.54.